The van der Waals surface area contributed by atoms with Crippen molar-refractivity contribution in [2.75, 3.05) is 49.7 Å². The van der Waals surface area contributed by atoms with Gasteiger partial charge in [0.15, 0.2) is 12.3 Å². The van der Waals surface area contributed by atoms with Gasteiger partial charge in [-0.3, -0.25) is 9.59 Å². The number of oxime groups is 1. The lowest BCUT2D eigenvalue weighted by Crippen LogP contribution is -2.40. The molecule has 2 aromatic carbocycles. The number of hydrogen-bond acceptors (Lipinski definition) is 7. The second-order valence-electron chi connectivity index (χ2n) is 7.78. The molecule has 0 unspecified atom stereocenters. The second-order valence-corrected chi connectivity index (χ2v) is 9.71. The lowest BCUT2D eigenvalue weighted by Gasteiger charge is -2.26. The maximum atomic E-state index is 12.7. The Kier molecular flexibility index (Phi) is 7.25. The Labute approximate surface area is 198 Å². The minimum Gasteiger partial charge on any atom is -0.385 e. The van der Waals surface area contributed by atoms with Gasteiger partial charge in [-0.05, 0) is 36.8 Å². The van der Waals surface area contributed by atoms with Crippen molar-refractivity contribution >= 4 is 38.9 Å². The van der Waals surface area contributed by atoms with E-state index in [0.717, 1.165) is 12.1 Å². The molecule has 0 radical (unpaired) electrons. The number of nitrogens with one attached hydrogen (secondary N) is 1. The van der Waals surface area contributed by atoms with Gasteiger partial charge in [-0.1, -0.05) is 30.3 Å². The van der Waals surface area contributed by atoms with Gasteiger partial charge in [-0.15, -0.1) is 0 Å². The topological polar surface area (TPSA) is 118 Å². The molecule has 1 fully saturated rings. The maximum absolute atomic E-state index is 12.7. The SMILES string of the molecule is CCCN1C(=O)/C(=N/OCC(=O)Nc2ccc(S(=O)(=O)N3CCOCC3)cc2)c2ccccc21. The summed E-state index contributed by atoms with van der Waals surface area (Å²) in [6.07, 6.45) is 0.795. The number of rotatable bonds is 8. The molecule has 1 saturated heterocycles. The number of para-hydroxylation sites is 1. The van der Waals surface area contributed by atoms with Gasteiger partial charge >= 0.3 is 0 Å². The molecule has 0 atom stereocenters. The fraction of sp³-hybridized carbons (Fsp3) is 0.348. The summed E-state index contributed by atoms with van der Waals surface area (Å²) in [7, 11) is -3.61. The molecule has 2 aliphatic rings. The zero-order chi connectivity index (χ0) is 24.1. The molecule has 2 aliphatic heterocycles. The predicted octanol–water partition coefficient (Wildman–Crippen LogP) is 1.82. The normalized spacial score (nSPS) is 17.6. The summed E-state index contributed by atoms with van der Waals surface area (Å²) in [5, 5.41) is 6.56. The van der Waals surface area contributed by atoms with E-state index in [-0.39, 0.29) is 16.5 Å². The molecule has 4 rings (SSSR count). The molecule has 0 spiro atoms. The molecule has 2 aromatic rings. The highest BCUT2D eigenvalue weighted by molar-refractivity contribution is 7.89. The van der Waals surface area contributed by atoms with E-state index in [1.807, 2.05) is 25.1 Å². The number of fused-ring (bicyclic) bond motifs is 1. The predicted molar refractivity (Wildman–Crippen MR) is 126 cm³/mol. The van der Waals surface area contributed by atoms with Crippen molar-refractivity contribution < 1.29 is 27.6 Å². The van der Waals surface area contributed by atoms with Crippen LogP contribution in [0.15, 0.2) is 58.6 Å². The lowest BCUT2D eigenvalue weighted by molar-refractivity contribution is -0.121. The maximum Gasteiger partial charge on any atom is 0.281 e. The average molecular weight is 487 g/mol. The number of amides is 2. The fourth-order valence-electron chi connectivity index (χ4n) is 3.79. The number of carbonyl (C=O) groups is 2. The van der Waals surface area contributed by atoms with Gasteiger partial charge in [0.05, 0.1) is 23.8 Å². The van der Waals surface area contributed by atoms with Crippen molar-refractivity contribution in [2.45, 2.75) is 18.2 Å². The van der Waals surface area contributed by atoms with Crippen LogP contribution in [-0.2, 0) is 29.2 Å². The first-order chi connectivity index (χ1) is 16.4. The molecule has 2 heterocycles. The first-order valence-corrected chi connectivity index (χ1v) is 12.4. The third-order valence-electron chi connectivity index (χ3n) is 5.44. The second kappa shape index (κ2) is 10.3. The van der Waals surface area contributed by atoms with Crippen molar-refractivity contribution in [3.8, 4) is 0 Å². The number of morpholine rings is 1. The van der Waals surface area contributed by atoms with Gasteiger partial charge in [0, 0.05) is 30.9 Å². The molecular weight excluding hydrogens is 460 g/mol. The Morgan fingerprint density at radius 3 is 2.53 bits per heavy atom. The van der Waals surface area contributed by atoms with Crippen LogP contribution < -0.4 is 10.2 Å². The van der Waals surface area contributed by atoms with Crippen molar-refractivity contribution in [1.82, 2.24) is 4.31 Å². The van der Waals surface area contributed by atoms with E-state index in [2.05, 4.69) is 10.5 Å². The number of carbonyl (C=O) groups excluding carboxylic acids is 2. The summed E-state index contributed by atoms with van der Waals surface area (Å²) in [5.41, 5.74) is 2.01. The summed E-state index contributed by atoms with van der Waals surface area (Å²) in [6.45, 7) is 3.49. The fourth-order valence-corrected chi connectivity index (χ4v) is 5.20. The van der Waals surface area contributed by atoms with Crippen LogP contribution in [0.1, 0.15) is 18.9 Å². The molecule has 0 aliphatic carbocycles. The number of hydrogen-bond donors (Lipinski definition) is 1. The van der Waals surface area contributed by atoms with Crippen molar-refractivity contribution in [1.29, 1.82) is 0 Å². The summed E-state index contributed by atoms with van der Waals surface area (Å²) >= 11 is 0. The van der Waals surface area contributed by atoms with E-state index in [9.17, 15) is 18.0 Å². The third kappa shape index (κ3) is 4.96. The molecule has 0 bridgehead atoms. The number of sulfonamides is 1. The van der Waals surface area contributed by atoms with Crippen LogP contribution in [0, 0.1) is 0 Å². The van der Waals surface area contributed by atoms with E-state index in [1.54, 1.807) is 11.0 Å². The molecule has 0 aromatic heterocycles. The van der Waals surface area contributed by atoms with Crippen LogP contribution in [0.3, 0.4) is 0 Å². The standard InChI is InChI=1S/C23H26N4O6S/c1-2-11-27-20-6-4-3-5-19(20)22(23(27)29)25-33-16-21(28)24-17-7-9-18(10-8-17)34(30,31)26-12-14-32-15-13-26/h3-10H,2,11-16H2,1H3,(H,24,28)/b25-22+. The number of benzene rings is 2. The van der Waals surface area contributed by atoms with E-state index in [4.69, 9.17) is 9.57 Å². The highest BCUT2D eigenvalue weighted by Crippen LogP contribution is 2.29. The summed E-state index contributed by atoms with van der Waals surface area (Å²) in [4.78, 5) is 31.9. The smallest absolute Gasteiger partial charge is 0.281 e. The van der Waals surface area contributed by atoms with E-state index in [1.165, 1.54) is 28.6 Å². The van der Waals surface area contributed by atoms with Crippen LogP contribution in [0.2, 0.25) is 0 Å². The van der Waals surface area contributed by atoms with E-state index < -0.39 is 22.5 Å². The summed E-state index contributed by atoms with van der Waals surface area (Å²) in [5.74, 6) is -0.752. The molecule has 10 nitrogen and oxygen atoms in total. The van der Waals surface area contributed by atoms with E-state index >= 15 is 0 Å². The lowest BCUT2D eigenvalue weighted by atomic mass is 10.1. The van der Waals surface area contributed by atoms with Gasteiger partial charge < -0.3 is 19.8 Å². The quantitative estimate of drug-likeness (QED) is 0.569. The molecule has 1 N–H and O–H groups in total. The van der Waals surface area contributed by atoms with Gasteiger partial charge in [-0.2, -0.15) is 4.31 Å². The summed E-state index contributed by atoms with van der Waals surface area (Å²) < 4.78 is 31.9. The highest BCUT2D eigenvalue weighted by Gasteiger charge is 2.33. The Hall–Kier alpha value is -3.28. The van der Waals surface area contributed by atoms with Gasteiger partial charge in [-0.25, -0.2) is 8.42 Å². The number of anilines is 2. The van der Waals surface area contributed by atoms with Crippen LogP contribution in [0.4, 0.5) is 11.4 Å². The zero-order valence-corrected chi connectivity index (χ0v) is 19.6. The first kappa shape index (κ1) is 23.9. The minimum atomic E-state index is -3.61. The van der Waals surface area contributed by atoms with Gasteiger partial charge in [0.2, 0.25) is 10.0 Å². The Morgan fingerprint density at radius 2 is 1.82 bits per heavy atom. The Bertz CT molecular complexity index is 1190. The monoisotopic (exact) mass is 486 g/mol. The Balaban J connectivity index is 1.35. The highest BCUT2D eigenvalue weighted by atomic mass is 32.2. The van der Waals surface area contributed by atoms with Crippen LogP contribution in [0.5, 0.6) is 0 Å². The molecule has 34 heavy (non-hydrogen) atoms. The largest absolute Gasteiger partial charge is 0.385 e. The van der Waals surface area contributed by atoms with Crippen LogP contribution in [0.25, 0.3) is 0 Å². The molecule has 180 valence electrons. The molecule has 2 amide bonds. The first-order valence-electron chi connectivity index (χ1n) is 11.0. The van der Waals surface area contributed by atoms with Crippen LogP contribution >= 0.6 is 0 Å². The molecule has 11 heteroatoms. The van der Waals surface area contributed by atoms with Crippen molar-refractivity contribution in [3.63, 3.8) is 0 Å². The van der Waals surface area contributed by atoms with Crippen LogP contribution in [-0.4, -0.2) is 69.7 Å². The average Bonchev–Trinajstić information content (AvgIpc) is 3.11. The molecular formula is C23H26N4O6S. The van der Waals surface area contributed by atoms with Gasteiger partial charge in [0.25, 0.3) is 11.8 Å². The van der Waals surface area contributed by atoms with E-state index in [0.29, 0.717) is 44.1 Å². The summed E-state index contributed by atoms with van der Waals surface area (Å²) in [6, 6.07) is 13.2. The number of ether oxygens (including phenoxy) is 1. The van der Waals surface area contributed by atoms with Crippen molar-refractivity contribution in [3.05, 3.63) is 54.1 Å². The minimum absolute atomic E-state index is 0.144. The number of nitrogens with zero attached hydrogens (tertiary/aromatic N) is 3. The zero-order valence-electron chi connectivity index (χ0n) is 18.8. The molecule has 0 saturated carbocycles. The van der Waals surface area contributed by atoms with Gasteiger partial charge in [0.1, 0.15) is 0 Å². The van der Waals surface area contributed by atoms with Crippen molar-refractivity contribution in [2.24, 2.45) is 5.16 Å². The third-order valence-corrected chi connectivity index (χ3v) is 7.36. The Morgan fingerprint density at radius 1 is 1.12 bits per heavy atom.